The maximum Gasteiger partial charge on any atom is 0.472 e. The predicted octanol–water partition coefficient (Wildman–Crippen LogP) is 23.1. The predicted molar refractivity (Wildman–Crippen MR) is 367 cm³/mol. The quantitative estimate of drug-likeness (QED) is 0.0211. The smallest absolute Gasteiger partial charge is 0.462 e. The molecular formula is C75H135NO8P+. The van der Waals surface area contributed by atoms with Crippen molar-refractivity contribution in [2.75, 3.05) is 47.5 Å². The number of esters is 2. The molecule has 0 fully saturated rings. The lowest BCUT2D eigenvalue weighted by Gasteiger charge is -2.24. The van der Waals surface area contributed by atoms with Crippen molar-refractivity contribution in [2.45, 2.75) is 322 Å². The van der Waals surface area contributed by atoms with Crippen molar-refractivity contribution in [1.29, 1.82) is 0 Å². The molecule has 0 heterocycles. The molecule has 492 valence electrons. The first kappa shape index (κ1) is 81.9. The molecule has 0 rings (SSSR count). The van der Waals surface area contributed by atoms with Gasteiger partial charge in [-0.1, -0.05) is 323 Å². The average molecular weight is 1210 g/mol. The largest absolute Gasteiger partial charge is 0.472 e. The van der Waals surface area contributed by atoms with Gasteiger partial charge in [0.05, 0.1) is 27.7 Å². The molecule has 2 atom stereocenters. The van der Waals surface area contributed by atoms with Crippen molar-refractivity contribution in [2.24, 2.45) is 0 Å². The van der Waals surface area contributed by atoms with Crippen LogP contribution in [-0.4, -0.2) is 74.9 Å². The zero-order valence-electron chi connectivity index (χ0n) is 56.1. The third-order valence-electron chi connectivity index (χ3n) is 15.4. The molecule has 0 aliphatic rings. The van der Waals surface area contributed by atoms with Crippen LogP contribution in [0.15, 0.2) is 97.2 Å². The monoisotopic (exact) mass is 1210 g/mol. The second-order valence-electron chi connectivity index (χ2n) is 24.9. The van der Waals surface area contributed by atoms with E-state index in [2.05, 4.69) is 111 Å². The molecule has 9 nitrogen and oxygen atoms in total. The third-order valence-corrected chi connectivity index (χ3v) is 16.4. The Bertz CT molecular complexity index is 1760. The van der Waals surface area contributed by atoms with Crippen LogP contribution in [0.3, 0.4) is 0 Å². The van der Waals surface area contributed by atoms with Gasteiger partial charge in [0.1, 0.15) is 19.8 Å². The van der Waals surface area contributed by atoms with Crippen molar-refractivity contribution in [1.82, 2.24) is 0 Å². The Balaban J connectivity index is 4.08. The Morgan fingerprint density at radius 3 is 1.00 bits per heavy atom. The molecule has 2 unspecified atom stereocenters. The number of rotatable bonds is 65. The van der Waals surface area contributed by atoms with Crippen LogP contribution in [0.5, 0.6) is 0 Å². The number of phosphoric ester groups is 1. The second kappa shape index (κ2) is 65.4. The van der Waals surface area contributed by atoms with Crippen molar-refractivity contribution in [3.63, 3.8) is 0 Å². The maximum atomic E-state index is 12.8. The minimum absolute atomic E-state index is 0.0194. The van der Waals surface area contributed by atoms with E-state index in [0.717, 1.165) is 83.5 Å². The summed E-state index contributed by atoms with van der Waals surface area (Å²) in [4.78, 5) is 35.8. The number of hydrogen-bond acceptors (Lipinski definition) is 7. The van der Waals surface area contributed by atoms with Gasteiger partial charge in [0.25, 0.3) is 0 Å². The molecule has 0 aromatic heterocycles. The van der Waals surface area contributed by atoms with E-state index in [-0.39, 0.29) is 32.0 Å². The number of likely N-dealkylation sites (N-methyl/N-ethyl adjacent to an activating group) is 1. The molecule has 0 saturated carbocycles. The highest BCUT2D eigenvalue weighted by Gasteiger charge is 2.27. The Morgan fingerprint density at radius 1 is 0.376 bits per heavy atom. The Labute approximate surface area is 525 Å². The fraction of sp³-hybridized carbons (Fsp3) is 0.760. The number of phosphoric acid groups is 1. The number of hydrogen-bond donors (Lipinski definition) is 1. The molecule has 0 aliphatic heterocycles. The number of carbonyl (C=O) groups excluding carboxylic acids is 2. The normalized spacial score (nSPS) is 13.7. The molecule has 0 bridgehead atoms. The highest BCUT2D eigenvalue weighted by Crippen LogP contribution is 2.43. The molecular weight excluding hydrogens is 1070 g/mol. The molecule has 10 heteroatoms. The number of unbranched alkanes of at least 4 members (excludes halogenated alkanes) is 35. The maximum absolute atomic E-state index is 12.8. The minimum atomic E-state index is -4.41. The lowest BCUT2D eigenvalue weighted by atomic mass is 10.0. The van der Waals surface area contributed by atoms with Crippen molar-refractivity contribution >= 4 is 19.8 Å². The Kier molecular flexibility index (Phi) is 63.0. The summed E-state index contributed by atoms with van der Waals surface area (Å²) in [6.07, 6.45) is 91.1. The molecule has 0 radical (unpaired) electrons. The summed E-state index contributed by atoms with van der Waals surface area (Å²) in [5.41, 5.74) is 0. The van der Waals surface area contributed by atoms with E-state index in [0.29, 0.717) is 17.4 Å². The number of ether oxygens (including phenoxy) is 2. The van der Waals surface area contributed by atoms with E-state index in [4.69, 9.17) is 18.5 Å². The van der Waals surface area contributed by atoms with Gasteiger partial charge in [-0.3, -0.25) is 18.6 Å². The van der Waals surface area contributed by atoms with Gasteiger partial charge in [-0.15, -0.1) is 0 Å². The zero-order chi connectivity index (χ0) is 61.9. The van der Waals surface area contributed by atoms with E-state index in [1.165, 1.54) is 199 Å². The molecule has 0 saturated heterocycles. The van der Waals surface area contributed by atoms with Gasteiger partial charge in [-0.05, 0) is 77.0 Å². The molecule has 85 heavy (non-hydrogen) atoms. The summed E-state index contributed by atoms with van der Waals surface area (Å²) in [7, 11) is 1.45. The van der Waals surface area contributed by atoms with E-state index in [1.54, 1.807) is 0 Å². The van der Waals surface area contributed by atoms with E-state index >= 15 is 0 Å². The minimum Gasteiger partial charge on any atom is -0.462 e. The lowest BCUT2D eigenvalue weighted by molar-refractivity contribution is -0.870. The fourth-order valence-electron chi connectivity index (χ4n) is 9.98. The van der Waals surface area contributed by atoms with Gasteiger partial charge < -0.3 is 18.9 Å². The van der Waals surface area contributed by atoms with E-state index in [1.807, 2.05) is 21.1 Å². The van der Waals surface area contributed by atoms with Gasteiger partial charge in [-0.25, -0.2) is 4.57 Å². The molecule has 0 aromatic carbocycles. The Hall–Kier alpha value is -3.07. The van der Waals surface area contributed by atoms with Crippen LogP contribution in [0.2, 0.25) is 0 Å². The highest BCUT2D eigenvalue weighted by atomic mass is 31.2. The first-order chi connectivity index (χ1) is 41.5. The number of nitrogens with zero attached hydrogens (tertiary/aromatic N) is 1. The summed E-state index contributed by atoms with van der Waals surface area (Å²) in [5, 5.41) is 0. The first-order valence-corrected chi connectivity index (χ1v) is 37.0. The van der Waals surface area contributed by atoms with Crippen LogP contribution in [0.4, 0.5) is 0 Å². The second-order valence-corrected chi connectivity index (χ2v) is 26.4. The summed E-state index contributed by atoms with van der Waals surface area (Å²) in [6.45, 7) is 4.30. The van der Waals surface area contributed by atoms with Gasteiger partial charge in [0.15, 0.2) is 6.10 Å². The summed E-state index contributed by atoms with van der Waals surface area (Å²) in [6, 6.07) is 0. The van der Waals surface area contributed by atoms with Crippen LogP contribution >= 0.6 is 7.82 Å². The number of quaternary nitrogens is 1. The lowest BCUT2D eigenvalue weighted by Crippen LogP contribution is -2.37. The molecule has 1 N–H and O–H groups in total. The van der Waals surface area contributed by atoms with E-state index < -0.39 is 26.5 Å². The molecule has 0 aliphatic carbocycles. The average Bonchev–Trinajstić information content (AvgIpc) is 3.52. The Morgan fingerprint density at radius 2 is 0.671 bits per heavy atom. The molecule has 0 aromatic rings. The van der Waals surface area contributed by atoms with Crippen LogP contribution in [0.25, 0.3) is 0 Å². The summed E-state index contributed by atoms with van der Waals surface area (Å²) < 4.78 is 34.6. The fourth-order valence-corrected chi connectivity index (χ4v) is 10.7. The standard InChI is InChI=1S/C75H134NO8P/c1-6-8-10-12-14-16-18-20-22-24-26-28-30-32-34-35-36-37-38-39-40-42-43-45-47-49-51-53-55-57-59-61-63-65-67-74(77)81-71-73(72-83-85(79,80)82-70-69-76(3,4)5)84-75(78)68-66-64-62-60-58-56-54-52-50-48-46-44-41-33-31-29-27-25-23-21-19-17-15-13-11-9-7-2/h9,11,15,17,21,23,27,29,33,41,46,48,52,54,58,60,73H,6-8,10,12-14,16,18-20,22,24-26,28,30-32,34-40,42-45,47,49-51,53,55-57,59,61-72H2,1-5H3/p+1/b11-9-,17-15-,23-21-,29-27-,41-33-,48-46-,54-52-,60-58-. The van der Waals surface area contributed by atoms with Crippen molar-refractivity contribution in [3.05, 3.63) is 97.2 Å². The van der Waals surface area contributed by atoms with E-state index in [9.17, 15) is 19.0 Å². The first-order valence-electron chi connectivity index (χ1n) is 35.5. The molecule has 0 amide bonds. The van der Waals surface area contributed by atoms with Crippen LogP contribution in [-0.2, 0) is 32.7 Å². The van der Waals surface area contributed by atoms with Crippen LogP contribution in [0, 0.1) is 0 Å². The van der Waals surface area contributed by atoms with Gasteiger partial charge in [0, 0.05) is 12.8 Å². The number of carbonyl (C=O) groups is 2. The van der Waals surface area contributed by atoms with Gasteiger partial charge in [-0.2, -0.15) is 0 Å². The van der Waals surface area contributed by atoms with Gasteiger partial charge in [0.2, 0.25) is 0 Å². The molecule has 0 spiro atoms. The van der Waals surface area contributed by atoms with Crippen LogP contribution < -0.4 is 0 Å². The zero-order valence-corrected chi connectivity index (χ0v) is 57.0. The summed E-state index contributed by atoms with van der Waals surface area (Å²) in [5.74, 6) is -0.843. The summed E-state index contributed by atoms with van der Waals surface area (Å²) >= 11 is 0. The van der Waals surface area contributed by atoms with Crippen LogP contribution in [0.1, 0.15) is 316 Å². The SMILES string of the molecule is CC/C=C\C/C=C\C/C=C\C/C=C\C/C=C\C/C=C\C/C=C\C/C=C\CCCCC(=O)OC(COC(=O)CCCCCCCCCCCCCCCCCCCCCCCCCCCCCCCCCCCC)COP(=O)(O)OCC[N+](C)(C)C. The van der Waals surface area contributed by atoms with Crippen molar-refractivity contribution in [3.8, 4) is 0 Å². The van der Waals surface area contributed by atoms with Gasteiger partial charge >= 0.3 is 19.8 Å². The topological polar surface area (TPSA) is 108 Å². The number of allylic oxidation sites excluding steroid dienone is 16. The third kappa shape index (κ3) is 69.9. The van der Waals surface area contributed by atoms with Crippen molar-refractivity contribution < 1.29 is 42.1 Å². The highest BCUT2D eigenvalue weighted by molar-refractivity contribution is 7.47.